The first kappa shape index (κ1) is 27.0. The molecule has 0 aliphatic heterocycles. The molecule has 6 aromatic rings. The summed E-state index contributed by atoms with van der Waals surface area (Å²) in [5.41, 5.74) is 1.59. The van der Waals surface area contributed by atoms with Crippen LogP contribution in [0.5, 0.6) is 0 Å². The van der Waals surface area contributed by atoms with Crippen LogP contribution in [0.3, 0.4) is 0 Å². The lowest BCUT2D eigenvalue weighted by molar-refractivity contribution is -0.615. The van der Waals surface area contributed by atoms with Crippen LogP contribution in [0, 0.1) is 16.8 Å². The molecule has 2 aromatic carbocycles. The Morgan fingerprint density at radius 2 is 1.74 bits per heavy atom. The van der Waals surface area contributed by atoms with Crippen LogP contribution in [-0.4, -0.2) is 45.0 Å². The number of benzene rings is 2. The third-order valence-corrected chi connectivity index (χ3v) is 6.85. The molecule has 6 rings (SSSR count). The number of hydrogen-bond acceptors (Lipinski definition) is 7. The number of aromatic nitrogens is 10. The molecule has 4 aromatic heterocycles. The van der Waals surface area contributed by atoms with E-state index in [1.54, 1.807) is 12.1 Å². The van der Waals surface area contributed by atoms with Gasteiger partial charge in [0.15, 0.2) is 12.0 Å². The van der Waals surface area contributed by atoms with Gasteiger partial charge in [-0.25, -0.2) is 8.78 Å². The molecule has 0 aliphatic carbocycles. The van der Waals surface area contributed by atoms with Crippen molar-refractivity contribution in [3.05, 3.63) is 113 Å². The maximum absolute atomic E-state index is 15.3. The lowest BCUT2D eigenvalue weighted by atomic mass is 10.00. The van der Waals surface area contributed by atoms with Crippen LogP contribution in [-0.2, 0) is 6.42 Å². The molecule has 0 fully saturated rings. The zero-order chi connectivity index (χ0) is 29.4. The van der Waals surface area contributed by atoms with E-state index in [4.69, 9.17) is 11.6 Å². The summed E-state index contributed by atoms with van der Waals surface area (Å²) in [4.78, 5) is 0. The highest BCUT2D eigenvalue weighted by Gasteiger charge is 2.27. The molecule has 0 saturated heterocycles. The highest BCUT2D eigenvalue weighted by molar-refractivity contribution is 6.31. The fourth-order valence-electron chi connectivity index (χ4n) is 4.59. The summed E-state index contributed by atoms with van der Waals surface area (Å²) in [7, 11) is 0. The van der Waals surface area contributed by atoms with Gasteiger partial charge in [-0.05, 0) is 46.3 Å². The zero-order valence-electron chi connectivity index (χ0n) is 21.1. The fraction of sp³-hybridized carbons (Fsp3) is 0.115. The van der Waals surface area contributed by atoms with Gasteiger partial charge in [0.25, 0.3) is 0 Å². The molecule has 11 nitrogen and oxygen atoms in total. The van der Waals surface area contributed by atoms with Gasteiger partial charge in [0.05, 0.1) is 39.9 Å². The van der Waals surface area contributed by atoms with E-state index in [2.05, 4.69) is 30.9 Å². The molecule has 1 atom stereocenters. The van der Waals surface area contributed by atoms with Crippen molar-refractivity contribution in [1.82, 2.24) is 45.0 Å². The van der Waals surface area contributed by atoms with Crippen molar-refractivity contribution in [2.75, 3.05) is 0 Å². The molecular weight excluding hydrogens is 580 g/mol. The van der Waals surface area contributed by atoms with Crippen LogP contribution in [0.1, 0.15) is 23.8 Å². The third-order valence-electron chi connectivity index (χ3n) is 6.56. The third kappa shape index (κ3) is 5.05. The molecule has 0 radical (unpaired) electrons. The van der Waals surface area contributed by atoms with E-state index in [-0.39, 0.29) is 45.2 Å². The van der Waals surface area contributed by atoms with Crippen LogP contribution >= 0.6 is 11.6 Å². The highest BCUT2D eigenvalue weighted by atomic mass is 35.5. The van der Waals surface area contributed by atoms with Crippen LogP contribution < -0.4 is 4.73 Å². The van der Waals surface area contributed by atoms with E-state index in [9.17, 15) is 18.4 Å². The number of nitrogens with zero attached hydrogens (tertiary/aromatic N) is 10. The van der Waals surface area contributed by atoms with Crippen LogP contribution in [0.15, 0.2) is 79.6 Å². The first-order chi connectivity index (χ1) is 20.3. The Hall–Kier alpha value is -5.18. The minimum Gasteiger partial charge on any atom is -0.618 e. The van der Waals surface area contributed by atoms with Crippen molar-refractivity contribution in [3.63, 3.8) is 0 Å². The predicted molar refractivity (Wildman–Crippen MR) is 139 cm³/mol. The molecule has 4 heterocycles. The summed E-state index contributed by atoms with van der Waals surface area (Å²) in [6, 6.07) is 10.8. The van der Waals surface area contributed by atoms with Crippen molar-refractivity contribution in [3.8, 4) is 28.1 Å². The molecule has 0 aliphatic rings. The Balaban J connectivity index is 1.44. The second-order valence-corrected chi connectivity index (χ2v) is 9.48. The number of pyridine rings is 1. The largest absolute Gasteiger partial charge is 0.618 e. The van der Waals surface area contributed by atoms with E-state index < -0.39 is 24.2 Å². The standard InChI is InChI=1S/C26H17ClF4N10O/c27-19-6-8-21(39-14-33-35-37-39)24(25(19)29)16-3-7-20(40(42)13-16)22(9-15-1-4-18(28)5-2-15)38-12-17(10-34-38)23-11-32-36-41(23)26(30)31/h1-8,10-14,22,26H,9H2. The van der Waals surface area contributed by atoms with Gasteiger partial charge in [0.1, 0.15) is 18.2 Å². The van der Waals surface area contributed by atoms with Crippen LogP contribution in [0.4, 0.5) is 17.6 Å². The normalized spacial score (nSPS) is 12.2. The zero-order valence-corrected chi connectivity index (χ0v) is 21.9. The average Bonchev–Trinajstić information content (AvgIpc) is 3.76. The maximum Gasteiger partial charge on any atom is 0.335 e. The number of tetrazole rings is 1. The molecule has 0 spiro atoms. The summed E-state index contributed by atoms with van der Waals surface area (Å²) in [5, 5.41) is 35.6. The minimum atomic E-state index is -2.93. The molecule has 0 N–H and O–H groups in total. The van der Waals surface area contributed by atoms with E-state index in [1.165, 1.54) is 76.9 Å². The quantitative estimate of drug-likeness (QED) is 0.143. The smallest absolute Gasteiger partial charge is 0.335 e. The topological polar surface area (TPSA) is 119 Å². The molecule has 0 saturated carbocycles. The molecule has 212 valence electrons. The van der Waals surface area contributed by atoms with Crippen LogP contribution in [0.25, 0.3) is 28.1 Å². The summed E-state index contributed by atoms with van der Waals surface area (Å²) >= 11 is 6.06. The van der Waals surface area contributed by atoms with Gasteiger partial charge in [-0.1, -0.05) is 28.9 Å². The summed E-state index contributed by atoms with van der Waals surface area (Å²) in [6.45, 7) is -2.93. The predicted octanol–water partition coefficient (Wildman–Crippen LogP) is 4.58. The SMILES string of the molecule is [O-][n+]1cc(-c2c(-n3cnnn3)ccc(Cl)c2F)ccc1C(Cc1ccc(F)cc1)n1cc(-c2cnnn2C(F)F)cn1. The molecule has 1 unspecified atom stereocenters. The molecule has 0 amide bonds. The monoisotopic (exact) mass is 596 g/mol. The lowest BCUT2D eigenvalue weighted by Gasteiger charge is -2.18. The lowest BCUT2D eigenvalue weighted by Crippen LogP contribution is -2.36. The van der Waals surface area contributed by atoms with E-state index in [0.29, 0.717) is 15.0 Å². The Morgan fingerprint density at radius 1 is 0.929 bits per heavy atom. The van der Waals surface area contributed by atoms with Gasteiger partial charge < -0.3 is 5.21 Å². The summed E-state index contributed by atoms with van der Waals surface area (Å²) < 4.78 is 59.4. The van der Waals surface area contributed by atoms with Gasteiger partial charge in [0, 0.05) is 24.2 Å². The molecule has 16 heteroatoms. The Morgan fingerprint density at radius 3 is 2.45 bits per heavy atom. The van der Waals surface area contributed by atoms with Gasteiger partial charge in [-0.15, -0.1) is 10.2 Å². The maximum atomic E-state index is 15.3. The Bertz CT molecular complexity index is 1860. The second kappa shape index (κ2) is 11.0. The Kier molecular flexibility index (Phi) is 7.08. The summed E-state index contributed by atoms with van der Waals surface area (Å²) in [6.07, 6.45) is 6.62. The molecule has 42 heavy (non-hydrogen) atoms. The van der Waals surface area contributed by atoms with E-state index in [0.717, 1.165) is 0 Å². The molecule has 0 bridgehead atoms. The average molecular weight is 597 g/mol. The van der Waals surface area contributed by atoms with Gasteiger partial charge >= 0.3 is 6.55 Å². The minimum absolute atomic E-state index is 0.00447. The number of alkyl halides is 2. The van der Waals surface area contributed by atoms with E-state index >= 15 is 4.39 Å². The van der Waals surface area contributed by atoms with Gasteiger partial charge in [0.2, 0.25) is 5.69 Å². The number of hydrogen-bond donors (Lipinski definition) is 0. The van der Waals surface area contributed by atoms with Crippen molar-refractivity contribution in [2.24, 2.45) is 0 Å². The second-order valence-electron chi connectivity index (χ2n) is 9.08. The van der Waals surface area contributed by atoms with E-state index in [1.807, 2.05) is 0 Å². The van der Waals surface area contributed by atoms with Crippen molar-refractivity contribution in [2.45, 2.75) is 19.0 Å². The summed E-state index contributed by atoms with van der Waals surface area (Å²) in [5.74, 6) is -1.21. The van der Waals surface area contributed by atoms with Crippen LogP contribution in [0.2, 0.25) is 5.02 Å². The van der Waals surface area contributed by atoms with Crippen molar-refractivity contribution < 1.29 is 22.3 Å². The Labute approximate surface area is 238 Å². The van der Waals surface area contributed by atoms with Gasteiger partial charge in [-0.3, -0.25) is 4.68 Å². The first-order valence-electron chi connectivity index (χ1n) is 12.2. The number of rotatable bonds is 8. The van der Waals surface area contributed by atoms with Crippen molar-refractivity contribution >= 4 is 11.6 Å². The van der Waals surface area contributed by atoms with Crippen molar-refractivity contribution in [1.29, 1.82) is 0 Å². The fourth-order valence-corrected chi connectivity index (χ4v) is 4.75. The first-order valence-corrected chi connectivity index (χ1v) is 12.6. The molecular formula is C26H17ClF4N10O. The number of halogens is 5. The highest BCUT2D eigenvalue weighted by Crippen LogP contribution is 2.34. The van der Waals surface area contributed by atoms with Gasteiger partial charge in [-0.2, -0.15) is 28.0 Å².